The van der Waals surface area contributed by atoms with Gasteiger partial charge >= 0.3 is 0 Å². The minimum Gasteiger partial charge on any atom is -0.299 e. The first-order chi connectivity index (χ1) is 7.42. The Morgan fingerprint density at radius 3 is 2.27 bits per heavy atom. The summed E-state index contributed by atoms with van der Waals surface area (Å²) in [5.41, 5.74) is 0. The van der Waals surface area contributed by atoms with Gasteiger partial charge in [-0.3, -0.25) is 4.90 Å². The van der Waals surface area contributed by atoms with E-state index in [0.29, 0.717) is 12.0 Å². The van der Waals surface area contributed by atoms with Crippen molar-refractivity contribution < 1.29 is 0 Å². The molecule has 2 heteroatoms. The van der Waals surface area contributed by atoms with Crippen LogP contribution in [-0.4, -0.2) is 24.0 Å². The van der Waals surface area contributed by atoms with Crippen molar-refractivity contribution in [3.05, 3.63) is 0 Å². The summed E-state index contributed by atoms with van der Waals surface area (Å²) in [6, 6.07) is 3.13. The molecule has 2 fully saturated rings. The monoisotopic (exact) mass is 206 g/mol. The number of hydrogen-bond donors (Lipinski definition) is 0. The Labute approximate surface area is 93.3 Å². The maximum absolute atomic E-state index is 9.24. The van der Waals surface area contributed by atoms with E-state index in [4.69, 9.17) is 0 Å². The van der Waals surface area contributed by atoms with Crippen molar-refractivity contribution in [1.82, 2.24) is 4.90 Å². The topological polar surface area (TPSA) is 27.0 Å². The van der Waals surface area contributed by atoms with Gasteiger partial charge in [-0.15, -0.1) is 0 Å². The second-order valence-corrected chi connectivity index (χ2v) is 5.04. The van der Waals surface area contributed by atoms with E-state index in [1.165, 1.54) is 58.0 Å². The summed E-state index contributed by atoms with van der Waals surface area (Å²) in [5, 5.41) is 9.24. The van der Waals surface area contributed by atoms with Crippen LogP contribution in [0.1, 0.15) is 51.4 Å². The van der Waals surface area contributed by atoms with Crippen LogP contribution in [0.2, 0.25) is 0 Å². The van der Waals surface area contributed by atoms with Crippen LogP contribution >= 0.6 is 0 Å². The Balaban J connectivity index is 1.99. The van der Waals surface area contributed by atoms with Gasteiger partial charge in [-0.25, -0.2) is 0 Å². The quantitative estimate of drug-likeness (QED) is 0.617. The van der Waals surface area contributed by atoms with Gasteiger partial charge in [-0.05, 0) is 38.8 Å². The molecular weight excluding hydrogens is 184 g/mol. The molecule has 0 N–H and O–H groups in total. The Morgan fingerprint density at radius 2 is 1.53 bits per heavy atom. The summed E-state index contributed by atoms with van der Waals surface area (Å²) in [5.74, 6) is 0.311. The molecule has 0 aromatic carbocycles. The average molecular weight is 206 g/mol. The summed E-state index contributed by atoms with van der Waals surface area (Å²) >= 11 is 0. The number of piperidine rings is 1. The standard InChI is InChI=1S/C13H22N2/c14-11-12-7-3-1-4-8-13(12)15-9-5-2-6-10-15/h12-13H,1-10H2. The Morgan fingerprint density at radius 1 is 0.867 bits per heavy atom. The van der Waals surface area contributed by atoms with Crippen LogP contribution in [0.5, 0.6) is 0 Å². The van der Waals surface area contributed by atoms with E-state index in [1.54, 1.807) is 0 Å². The van der Waals surface area contributed by atoms with Gasteiger partial charge in [-0.2, -0.15) is 5.26 Å². The Hall–Kier alpha value is -0.550. The van der Waals surface area contributed by atoms with Gasteiger partial charge in [0.15, 0.2) is 0 Å². The fourth-order valence-electron chi connectivity index (χ4n) is 3.13. The normalized spacial score (nSPS) is 34.3. The van der Waals surface area contributed by atoms with Gasteiger partial charge in [0.25, 0.3) is 0 Å². The number of nitrogens with zero attached hydrogens (tertiary/aromatic N) is 2. The van der Waals surface area contributed by atoms with E-state index < -0.39 is 0 Å². The fraction of sp³-hybridized carbons (Fsp3) is 0.923. The van der Waals surface area contributed by atoms with Crippen molar-refractivity contribution in [2.75, 3.05) is 13.1 Å². The maximum Gasteiger partial charge on any atom is 0.0672 e. The first kappa shape index (κ1) is 11.0. The Kier molecular flexibility index (Phi) is 4.02. The van der Waals surface area contributed by atoms with Crippen LogP contribution in [0.15, 0.2) is 0 Å². The first-order valence-electron chi connectivity index (χ1n) is 6.55. The summed E-state index contributed by atoms with van der Waals surface area (Å²) in [6.07, 6.45) is 10.4. The predicted octanol–water partition coefficient (Wildman–Crippen LogP) is 2.94. The lowest BCUT2D eigenvalue weighted by Crippen LogP contribution is -2.42. The molecule has 1 saturated carbocycles. The highest BCUT2D eigenvalue weighted by Gasteiger charge is 2.29. The average Bonchev–Trinajstić information content (AvgIpc) is 2.55. The fourth-order valence-corrected chi connectivity index (χ4v) is 3.13. The number of hydrogen-bond acceptors (Lipinski definition) is 2. The summed E-state index contributed by atoms with van der Waals surface area (Å²) < 4.78 is 0. The highest BCUT2D eigenvalue weighted by molar-refractivity contribution is 4.95. The molecule has 2 aliphatic rings. The van der Waals surface area contributed by atoms with Gasteiger partial charge in [0.05, 0.1) is 12.0 Å². The highest BCUT2D eigenvalue weighted by Crippen LogP contribution is 2.28. The van der Waals surface area contributed by atoms with E-state index in [-0.39, 0.29) is 0 Å². The third-order valence-corrected chi connectivity index (χ3v) is 4.00. The third kappa shape index (κ3) is 2.72. The molecule has 2 unspecified atom stereocenters. The minimum absolute atomic E-state index is 0.311. The van der Waals surface area contributed by atoms with Crippen molar-refractivity contribution in [2.45, 2.75) is 57.4 Å². The molecule has 84 valence electrons. The van der Waals surface area contributed by atoms with Gasteiger partial charge in [-0.1, -0.05) is 25.7 Å². The lowest BCUT2D eigenvalue weighted by atomic mass is 9.93. The second kappa shape index (κ2) is 5.51. The molecular formula is C13H22N2. The Bertz CT molecular complexity index is 225. The van der Waals surface area contributed by atoms with E-state index in [9.17, 15) is 5.26 Å². The summed E-state index contributed by atoms with van der Waals surface area (Å²) in [6.45, 7) is 2.48. The largest absolute Gasteiger partial charge is 0.299 e. The lowest BCUT2D eigenvalue weighted by Gasteiger charge is -2.36. The van der Waals surface area contributed by atoms with Crippen molar-refractivity contribution in [1.29, 1.82) is 5.26 Å². The van der Waals surface area contributed by atoms with Crippen LogP contribution in [0, 0.1) is 17.2 Å². The van der Waals surface area contributed by atoms with Gasteiger partial charge in [0.1, 0.15) is 0 Å². The van der Waals surface area contributed by atoms with Crippen molar-refractivity contribution in [3.8, 4) is 6.07 Å². The summed E-state index contributed by atoms with van der Waals surface area (Å²) in [4.78, 5) is 2.60. The number of likely N-dealkylation sites (tertiary alicyclic amines) is 1. The van der Waals surface area contributed by atoms with Crippen molar-refractivity contribution >= 4 is 0 Å². The number of nitriles is 1. The summed E-state index contributed by atoms with van der Waals surface area (Å²) in [7, 11) is 0. The van der Waals surface area contributed by atoms with Crippen LogP contribution < -0.4 is 0 Å². The molecule has 2 nitrogen and oxygen atoms in total. The zero-order chi connectivity index (χ0) is 10.5. The molecule has 0 bridgehead atoms. The molecule has 0 spiro atoms. The van der Waals surface area contributed by atoms with Crippen LogP contribution in [0.25, 0.3) is 0 Å². The zero-order valence-electron chi connectivity index (χ0n) is 9.62. The van der Waals surface area contributed by atoms with Crippen LogP contribution in [-0.2, 0) is 0 Å². The van der Waals surface area contributed by atoms with E-state index >= 15 is 0 Å². The molecule has 2 rings (SSSR count). The third-order valence-electron chi connectivity index (χ3n) is 4.00. The molecule has 1 aliphatic carbocycles. The van der Waals surface area contributed by atoms with Gasteiger partial charge < -0.3 is 0 Å². The smallest absolute Gasteiger partial charge is 0.0672 e. The first-order valence-corrected chi connectivity index (χ1v) is 6.55. The molecule has 0 aromatic rings. The minimum atomic E-state index is 0.311. The zero-order valence-corrected chi connectivity index (χ0v) is 9.62. The molecule has 1 saturated heterocycles. The maximum atomic E-state index is 9.24. The number of rotatable bonds is 1. The van der Waals surface area contributed by atoms with Gasteiger partial charge in [0, 0.05) is 6.04 Å². The van der Waals surface area contributed by atoms with E-state index in [2.05, 4.69) is 11.0 Å². The molecule has 0 amide bonds. The second-order valence-electron chi connectivity index (χ2n) is 5.04. The SMILES string of the molecule is N#CC1CCCCCC1N1CCCCC1. The molecule has 0 radical (unpaired) electrons. The molecule has 1 heterocycles. The molecule has 2 atom stereocenters. The molecule has 0 aromatic heterocycles. The van der Waals surface area contributed by atoms with E-state index in [1.807, 2.05) is 0 Å². The lowest BCUT2D eigenvalue weighted by molar-refractivity contribution is 0.128. The molecule has 15 heavy (non-hydrogen) atoms. The van der Waals surface area contributed by atoms with E-state index in [0.717, 1.165) is 6.42 Å². The molecule has 1 aliphatic heterocycles. The van der Waals surface area contributed by atoms with Crippen LogP contribution in [0.3, 0.4) is 0 Å². The van der Waals surface area contributed by atoms with Crippen molar-refractivity contribution in [3.63, 3.8) is 0 Å². The van der Waals surface area contributed by atoms with Crippen molar-refractivity contribution in [2.24, 2.45) is 5.92 Å². The highest BCUT2D eigenvalue weighted by atomic mass is 15.2. The predicted molar refractivity (Wildman–Crippen MR) is 61.4 cm³/mol. The van der Waals surface area contributed by atoms with Gasteiger partial charge in [0.2, 0.25) is 0 Å². The van der Waals surface area contributed by atoms with Crippen LogP contribution in [0.4, 0.5) is 0 Å².